The molecule has 0 aliphatic rings. The normalized spacial score (nSPS) is 10.8. The molecule has 1 amide bonds. The van der Waals surface area contributed by atoms with Crippen molar-refractivity contribution in [2.45, 2.75) is 13.8 Å². The lowest BCUT2D eigenvalue weighted by molar-refractivity contribution is 0.102. The van der Waals surface area contributed by atoms with Crippen LogP contribution in [0.4, 0.5) is 5.69 Å². The van der Waals surface area contributed by atoms with Crippen LogP contribution >= 0.6 is 0 Å². The third-order valence-electron chi connectivity index (χ3n) is 4.67. The van der Waals surface area contributed by atoms with E-state index in [1.165, 1.54) is 4.68 Å². The number of ether oxygens (including phenoxy) is 2. The molecule has 0 unspecified atom stereocenters. The summed E-state index contributed by atoms with van der Waals surface area (Å²) in [6, 6.07) is 15.9. The van der Waals surface area contributed by atoms with Gasteiger partial charge >= 0.3 is 0 Å². The van der Waals surface area contributed by atoms with Gasteiger partial charge in [-0.3, -0.25) is 19.4 Å². The number of carbonyl (C=O) groups is 1. The first kappa shape index (κ1) is 20.2. The number of pyridine rings is 1. The minimum absolute atomic E-state index is 0.265. The predicted molar refractivity (Wildman–Crippen MR) is 118 cm³/mol. The summed E-state index contributed by atoms with van der Waals surface area (Å²) in [5.41, 5.74) is 1.59. The van der Waals surface area contributed by atoms with Crippen LogP contribution in [0.1, 0.15) is 23.0 Å². The molecule has 2 aromatic heterocycles. The standard InChI is InChI=1S/C23H22N4O4/c1-4-30-16-9-11-18(12-10-16)31-17-7-5-15(6-8-17)25-22(28)19-13-14(2)24-21-20(19)23(29)26-27(21)3/h5-13H,4H2,1-3H3,(H,25,28)(H,26,29). The summed E-state index contributed by atoms with van der Waals surface area (Å²) < 4.78 is 12.8. The number of benzene rings is 2. The molecular weight excluding hydrogens is 396 g/mol. The number of hydrogen-bond acceptors (Lipinski definition) is 5. The summed E-state index contributed by atoms with van der Waals surface area (Å²) in [5, 5.41) is 5.73. The Kier molecular flexibility index (Phi) is 5.44. The van der Waals surface area contributed by atoms with Gasteiger partial charge in [0.05, 0.1) is 17.6 Å². The highest BCUT2D eigenvalue weighted by atomic mass is 16.5. The lowest BCUT2D eigenvalue weighted by Crippen LogP contribution is -2.15. The van der Waals surface area contributed by atoms with Crippen LogP contribution in [0.25, 0.3) is 11.0 Å². The third-order valence-corrected chi connectivity index (χ3v) is 4.67. The molecule has 0 aliphatic carbocycles. The van der Waals surface area contributed by atoms with Gasteiger partial charge < -0.3 is 14.8 Å². The van der Waals surface area contributed by atoms with E-state index in [1.54, 1.807) is 44.3 Å². The first-order chi connectivity index (χ1) is 14.9. The van der Waals surface area contributed by atoms with E-state index < -0.39 is 0 Å². The molecule has 0 fully saturated rings. The molecule has 0 aliphatic heterocycles. The van der Waals surface area contributed by atoms with Crippen LogP contribution in [0, 0.1) is 6.92 Å². The summed E-state index contributed by atoms with van der Waals surface area (Å²) in [5.74, 6) is 1.71. The van der Waals surface area contributed by atoms with Crippen LogP contribution in [-0.4, -0.2) is 27.3 Å². The molecule has 0 spiro atoms. The van der Waals surface area contributed by atoms with Gasteiger partial charge in [-0.25, -0.2) is 4.98 Å². The van der Waals surface area contributed by atoms with Crippen molar-refractivity contribution >= 4 is 22.6 Å². The van der Waals surface area contributed by atoms with Crippen LogP contribution in [0.5, 0.6) is 17.2 Å². The number of hydrogen-bond donors (Lipinski definition) is 2. The van der Waals surface area contributed by atoms with Crippen molar-refractivity contribution in [3.8, 4) is 17.2 Å². The fourth-order valence-corrected chi connectivity index (χ4v) is 3.27. The highest BCUT2D eigenvalue weighted by Gasteiger charge is 2.18. The number of rotatable bonds is 6. The molecule has 0 saturated carbocycles. The molecule has 8 nitrogen and oxygen atoms in total. The smallest absolute Gasteiger partial charge is 0.274 e. The highest BCUT2D eigenvalue weighted by molar-refractivity contribution is 6.11. The first-order valence-electron chi connectivity index (χ1n) is 9.83. The molecule has 2 heterocycles. The number of anilines is 1. The second kappa shape index (κ2) is 8.35. The molecule has 0 atom stereocenters. The number of carbonyl (C=O) groups excluding carboxylic acids is 1. The summed E-state index contributed by atoms with van der Waals surface area (Å²) in [6.07, 6.45) is 0. The van der Waals surface area contributed by atoms with Gasteiger partial charge in [-0.1, -0.05) is 0 Å². The van der Waals surface area contributed by atoms with Gasteiger partial charge in [0, 0.05) is 18.4 Å². The zero-order valence-corrected chi connectivity index (χ0v) is 17.4. The third kappa shape index (κ3) is 4.28. The second-order valence-corrected chi connectivity index (χ2v) is 6.99. The molecule has 158 valence electrons. The number of aromatic nitrogens is 3. The molecule has 2 aromatic carbocycles. The Labute approximate surface area is 178 Å². The van der Waals surface area contributed by atoms with Crippen LogP contribution in [0.3, 0.4) is 0 Å². The fourth-order valence-electron chi connectivity index (χ4n) is 3.27. The SMILES string of the molecule is CCOc1ccc(Oc2ccc(NC(=O)c3cc(C)nc4c3c(=O)[nH]n4C)cc2)cc1. The molecule has 4 aromatic rings. The quantitative estimate of drug-likeness (QED) is 0.493. The predicted octanol–water partition coefficient (Wildman–Crippen LogP) is 4.01. The maximum Gasteiger partial charge on any atom is 0.274 e. The zero-order chi connectivity index (χ0) is 22.0. The first-order valence-corrected chi connectivity index (χ1v) is 9.83. The van der Waals surface area contributed by atoms with Crippen LogP contribution in [0.2, 0.25) is 0 Å². The molecule has 8 heteroatoms. The second-order valence-electron chi connectivity index (χ2n) is 6.99. The number of aromatic amines is 1. The number of H-pyrrole nitrogens is 1. The average molecular weight is 418 g/mol. The number of fused-ring (bicyclic) bond motifs is 1. The van der Waals surface area contributed by atoms with Crippen molar-refractivity contribution in [3.05, 3.63) is 76.2 Å². The van der Waals surface area contributed by atoms with Crippen molar-refractivity contribution in [3.63, 3.8) is 0 Å². The molecular formula is C23H22N4O4. The summed E-state index contributed by atoms with van der Waals surface area (Å²) in [4.78, 5) is 29.4. The van der Waals surface area contributed by atoms with E-state index in [0.29, 0.717) is 35.1 Å². The van der Waals surface area contributed by atoms with Gasteiger partial charge in [-0.2, -0.15) is 0 Å². The van der Waals surface area contributed by atoms with Gasteiger partial charge in [-0.15, -0.1) is 0 Å². The lowest BCUT2D eigenvalue weighted by Gasteiger charge is -2.10. The van der Waals surface area contributed by atoms with E-state index in [1.807, 2.05) is 31.2 Å². The summed E-state index contributed by atoms with van der Waals surface area (Å²) >= 11 is 0. The van der Waals surface area contributed by atoms with Crippen LogP contribution in [-0.2, 0) is 7.05 Å². The van der Waals surface area contributed by atoms with Gasteiger partial charge in [0.25, 0.3) is 11.5 Å². The van der Waals surface area contributed by atoms with Crippen molar-refractivity contribution in [1.29, 1.82) is 0 Å². The highest BCUT2D eigenvalue weighted by Crippen LogP contribution is 2.25. The fraction of sp³-hybridized carbons (Fsp3) is 0.174. The summed E-state index contributed by atoms with van der Waals surface area (Å²) in [7, 11) is 1.68. The van der Waals surface area contributed by atoms with Gasteiger partial charge in [0.2, 0.25) is 0 Å². The van der Waals surface area contributed by atoms with Gasteiger partial charge in [0.15, 0.2) is 5.65 Å². The van der Waals surface area contributed by atoms with Gasteiger partial charge in [-0.05, 0) is 68.4 Å². The zero-order valence-electron chi connectivity index (χ0n) is 17.4. The Morgan fingerprint density at radius 3 is 2.32 bits per heavy atom. The van der Waals surface area contributed by atoms with E-state index in [0.717, 1.165) is 5.75 Å². The molecule has 0 radical (unpaired) electrons. The van der Waals surface area contributed by atoms with Crippen LogP contribution < -0.4 is 20.3 Å². The largest absolute Gasteiger partial charge is 0.494 e. The topological polar surface area (TPSA) is 98.2 Å². The Morgan fingerprint density at radius 2 is 1.68 bits per heavy atom. The Morgan fingerprint density at radius 1 is 1.06 bits per heavy atom. The Balaban J connectivity index is 1.50. The molecule has 0 saturated heterocycles. The van der Waals surface area contributed by atoms with Crippen LogP contribution in [0.15, 0.2) is 59.4 Å². The van der Waals surface area contributed by atoms with Gasteiger partial charge in [0.1, 0.15) is 17.2 Å². The van der Waals surface area contributed by atoms with Crippen molar-refractivity contribution in [1.82, 2.24) is 14.8 Å². The van der Waals surface area contributed by atoms with E-state index in [9.17, 15) is 9.59 Å². The number of nitrogens with one attached hydrogen (secondary N) is 2. The maximum absolute atomic E-state index is 12.9. The monoisotopic (exact) mass is 418 g/mol. The van der Waals surface area contributed by atoms with E-state index in [2.05, 4.69) is 15.4 Å². The molecule has 4 rings (SSSR count). The van der Waals surface area contributed by atoms with E-state index in [-0.39, 0.29) is 22.4 Å². The molecule has 31 heavy (non-hydrogen) atoms. The van der Waals surface area contributed by atoms with Crippen molar-refractivity contribution < 1.29 is 14.3 Å². The maximum atomic E-state index is 12.9. The van der Waals surface area contributed by atoms with E-state index in [4.69, 9.17) is 9.47 Å². The van der Waals surface area contributed by atoms with E-state index >= 15 is 0 Å². The summed E-state index contributed by atoms with van der Waals surface area (Å²) in [6.45, 7) is 4.32. The minimum atomic E-state index is -0.382. The molecule has 2 N–H and O–H groups in total. The van der Waals surface area contributed by atoms with Crippen molar-refractivity contribution in [2.24, 2.45) is 7.05 Å². The molecule has 0 bridgehead atoms. The Bertz CT molecular complexity index is 1290. The van der Waals surface area contributed by atoms with Crippen molar-refractivity contribution in [2.75, 3.05) is 11.9 Å². The lowest BCUT2D eigenvalue weighted by atomic mass is 10.1. The average Bonchev–Trinajstić information content (AvgIpc) is 3.04. The Hall–Kier alpha value is -4.07. The number of amides is 1. The number of nitrogens with zero attached hydrogens (tertiary/aromatic N) is 2. The number of aryl methyl sites for hydroxylation is 2. The minimum Gasteiger partial charge on any atom is -0.494 e.